The number of carboxylic acids is 1. The molecule has 0 aliphatic heterocycles. The molecule has 1 rings (SSSR count). The third-order valence-electron chi connectivity index (χ3n) is 2.46. The number of hydrogen-bond donors (Lipinski definition) is 2. The Hall–Kier alpha value is -1.84. The van der Waals surface area contributed by atoms with Crippen LogP contribution in [0.5, 0.6) is 5.75 Å². The summed E-state index contributed by atoms with van der Waals surface area (Å²) in [5, 5.41) is 18.3. The van der Waals surface area contributed by atoms with E-state index in [1.54, 1.807) is 13.8 Å². The molecule has 0 saturated heterocycles. The van der Waals surface area contributed by atoms with Crippen LogP contribution in [0.1, 0.15) is 29.8 Å². The van der Waals surface area contributed by atoms with E-state index in [0.29, 0.717) is 17.4 Å². The maximum atomic E-state index is 11.0. The highest BCUT2D eigenvalue weighted by Crippen LogP contribution is 2.26. The Bertz CT molecular complexity index is 421. The van der Waals surface area contributed by atoms with Gasteiger partial charge in [-0.3, -0.25) is 9.59 Å². The Morgan fingerprint density at radius 1 is 1.44 bits per heavy atom. The van der Waals surface area contributed by atoms with Gasteiger partial charge >= 0.3 is 5.97 Å². The fourth-order valence-electron chi connectivity index (χ4n) is 1.41. The van der Waals surface area contributed by atoms with E-state index >= 15 is 0 Å². The van der Waals surface area contributed by atoms with Crippen LogP contribution in [-0.2, 0) is 11.2 Å². The minimum absolute atomic E-state index is 0.0294. The lowest BCUT2D eigenvalue weighted by atomic mass is 9.84. The van der Waals surface area contributed by atoms with Gasteiger partial charge in [0.05, 0.1) is 5.41 Å². The molecule has 0 radical (unpaired) electrons. The first-order valence-corrected chi connectivity index (χ1v) is 4.87. The van der Waals surface area contributed by atoms with Crippen LogP contribution in [0.15, 0.2) is 18.2 Å². The molecule has 0 aliphatic rings. The Morgan fingerprint density at radius 2 is 2.06 bits per heavy atom. The van der Waals surface area contributed by atoms with Crippen molar-refractivity contribution in [3.63, 3.8) is 0 Å². The Morgan fingerprint density at radius 3 is 2.56 bits per heavy atom. The number of hydrogen-bond acceptors (Lipinski definition) is 3. The first-order chi connectivity index (χ1) is 7.36. The number of benzene rings is 1. The van der Waals surface area contributed by atoms with Crippen molar-refractivity contribution in [2.75, 3.05) is 0 Å². The average Bonchev–Trinajstić information content (AvgIpc) is 2.17. The molecule has 0 saturated carbocycles. The summed E-state index contributed by atoms with van der Waals surface area (Å²) in [5.41, 5.74) is -0.0134. The number of carbonyl (C=O) groups excluding carboxylic acids is 1. The van der Waals surface area contributed by atoms with Gasteiger partial charge in [-0.1, -0.05) is 0 Å². The summed E-state index contributed by atoms with van der Waals surface area (Å²) in [6, 6.07) is 4.31. The molecule has 86 valence electrons. The molecule has 0 bridgehead atoms. The molecule has 0 aromatic heterocycles. The van der Waals surface area contributed by atoms with Gasteiger partial charge in [0.2, 0.25) is 0 Å². The van der Waals surface area contributed by atoms with E-state index in [4.69, 9.17) is 5.11 Å². The van der Waals surface area contributed by atoms with Gasteiger partial charge < -0.3 is 10.2 Å². The second kappa shape index (κ2) is 4.35. The molecule has 0 aliphatic carbocycles. The monoisotopic (exact) mass is 222 g/mol. The van der Waals surface area contributed by atoms with Crippen LogP contribution in [0.25, 0.3) is 0 Å². The number of phenolic OH excluding ortho intramolecular Hbond substituents is 1. The van der Waals surface area contributed by atoms with Gasteiger partial charge in [0.1, 0.15) is 12.0 Å². The van der Waals surface area contributed by atoms with Crippen molar-refractivity contribution < 1.29 is 19.8 Å². The van der Waals surface area contributed by atoms with Crippen molar-refractivity contribution in [1.82, 2.24) is 0 Å². The molecule has 4 nitrogen and oxygen atoms in total. The van der Waals surface area contributed by atoms with E-state index in [1.807, 2.05) is 0 Å². The molecule has 0 atom stereocenters. The zero-order valence-electron chi connectivity index (χ0n) is 9.23. The maximum Gasteiger partial charge on any atom is 0.309 e. The molecule has 1 aromatic carbocycles. The van der Waals surface area contributed by atoms with Crippen molar-refractivity contribution in [3.8, 4) is 5.75 Å². The van der Waals surface area contributed by atoms with E-state index < -0.39 is 11.4 Å². The maximum absolute atomic E-state index is 11.0. The first kappa shape index (κ1) is 12.2. The van der Waals surface area contributed by atoms with Gasteiger partial charge in [0.25, 0.3) is 0 Å². The van der Waals surface area contributed by atoms with Gasteiger partial charge in [0, 0.05) is 5.56 Å². The van der Waals surface area contributed by atoms with E-state index in [2.05, 4.69) is 0 Å². The van der Waals surface area contributed by atoms with Crippen molar-refractivity contribution in [1.29, 1.82) is 0 Å². The number of phenols is 1. The minimum Gasteiger partial charge on any atom is -0.508 e. The predicted molar refractivity (Wildman–Crippen MR) is 58.6 cm³/mol. The molecule has 0 fully saturated rings. The number of aliphatic carboxylic acids is 1. The number of carbonyl (C=O) groups is 2. The van der Waals surface area contributed by atoms with Crippen LogP contribution in [0, 0.1) is 5.41 Å². The zero-order chi connectivity index (χ0) is 12.3. The fourth-order valence-corrected chi connectivity index (χ4v) is 1.41. The van der Waals surface area contributed by atoms with Crippen LogP contribution in [0.3, 0.4) is 0 Å². The summed E-state index contributed by atoms with van der Waals surface area (Å²) in [7, 11) is 0. The molecule has 0 heterocycles. The van der Waals surface area contributed by atoms with Crippen LogP contribution >= 0.6 is 0 Å². The van der Waals surface area contributed by atoms with Gasteiger partial charge in [-0.05, 0) is 44.0 Å². The smallest absolute Gasteiger partial charge is 0.309 e. The largest absolute Gasteiger partial charge is 0.508 e. The summed E-state index contributed by atoms with van der Waals surface area (Å²) >= 11 is 0. The molecule has 1 aromatic rings. The molecule has 0 amide bonds. The number of carboxylic acid groups (broad SMARTS) is 1. The van der Waals surface area contributed by atoms with Crippen LogP contribution in [-0.4, -0.2) is 22.5 Å². The number of aromatic hydroxyl groups is 1. The Balaban J connectivity index is 3.09. The lowest BCUT2D eigenvalue weighted by molar-refractivity contribution is -0.146. The fraction of sp³-hybridized carbons (Fsp3) is 0.333. The molecule has 16 heavy (non-hydrogen) atoms. The predicted octanol–water partition coefficient (Wildman–Crippen LogP) is 1.86. The SMILES string of the molecule is CC(C)(Cc1cc(O)ccc1C=O)C(=O)O. The highest BCUT2D eigenvalue weighted by molar-refractivity contribution is 5.79. The number of rotatable bonds is 4. The molecular weight excluding hydrogens is 208 g/mol. The Kier molecular flexibility index (Phi) is 3.32. The van der Waals surface area contributed by atoms with E-state index in [1.165, 1.54) is 18.2 Å². The van der Waals surface area contributed by atoms with Crippen LogP contribution in [0.2, 0.25) is 0 Å². The van der Waals surface area contributed by atoms with Gasteiger partial charge in [-0.25, -0.2) is 0 Å². The highest BCUT2D eigenvalue weighted by Gasteiger charge is 2.28. The zero-order valence-corrected chi connectivity index (χ0v) is 9.23. The molecule has 0 spiro atoms. The quantitative estimate of drug-likeness (QED) is 0.762. The minimum atomic E-state index is -0.967. The summed E-state index contributed by atoms with van der Waals surface area (Å²) in [4.78, 5) is 21.7. The summed E-state index contributed by atoms with van der Waals surface area (Å²) < 4.78 is 0. The van der Waals surface area contributed by atoms with Crippen LogP contribution < -0.4 is 0 Å². The molecule has 0 unspecified atom stereocenters. The molecule has 2 N–H and O–H groups in total. The second-order valence-corrected chi connectivity index (χ2v) is 4.37. The summed E-state index contributed by atoms with van der Waals surface area (Å²) in [5.74, 6) is -0.908. The van der Waals surface area contributed by atoms with E-state index in [-0.39, 0.29) is 12.2 Å². The molecule has 4 heteroatoms. The first-order valence-electron chi connectivity index (χ1n) is 4.87. The highest BCUT2D eigenvalue weighted by atomic mass is 16.4. The lowest BCUT2D eigenvalue weighted by Gasteiger charge is -2.19. The summed E-state index contributed by atoms with van der Waals surface area (Å²) in [6.45, 7) is 3.15. The lowest BCUT2D eigenvalue weighted by Crippen LogP contribution is -2.26. The van der Waals surface area contributed by atoms with Gasteiger partial charge in [0.15, 0.2) is 0 Å². The Labute approximate surface area is 93.5 Å². The second-order valence-electron chi connectivity index (χ2n) is 4.37. The third-order valence-corrected chi connectivity index (χ3v) is 2.46. The third kappa shape index (κ3) is 2.59. The van der Waals surface area contributed by atoms with Crippen molar-refractivity contribution in [3.05, 3.63) is 29.3 Å². The molecular formula is C12H14O4. The normalized spacial score (nSPS) is 11.1. The van der Waals surface area contributed by atoms with Crippen molar-refractivity contribution in [2.24, 2.45) is 5.41 Å². The standard InChI is InChI=1S/C12H14O4/c1-12(2,11(15)16)6-9-5-10(14)4-3-8(9)7-13/h3-5,7,14H,6H2,1-2H3,(H,15,16). The van der Waals surface area contributed by atoms with Crippen molar-refractivity contribution >= 4 is 12.3 Å². The number of aldehydes is 1. The van der Waals surface area contributed by atoms with E-state index in [0.717, 1.165) is 0 Å². The topological polar surface area (TPSA) is 74.6 Å². The van der Waals surface area contributed by atoms with Gasteiger partial charge in [-0.15, -0.1) is 0 Å². The van der Waals surface area contributed by atoms with Crippen LogP contribution in [0.4, 0.5) is 0 Å². The summed E-state index contributed by atoms with van der Waals surface area (Å²) in [6.07, 6.45) is 0.859. The van der Waals surface area contributed by atoms with E-state index in [9.17, 15) is 14.7 Å². The van der Waals surface area contributed by atoms with Gasteiger partial charge in [-0.2, -0.15) is 0 Å². The van der Waals surface area contributed by atoms with Crippen molar-refractivity contribution in [2.45, 2.75) is 20.3 Å². The average molecular weight is 222 g/mol.